The van der Waals surface area contributed by atoms with Gasteiger partial charge >= 0.3 is 6.03 Å². The number of carbonyl (C=O) groups is 1. The maximum atomic E-state index is 12.4. The van der Waals surface area contributed by atoms with Gasteiger partial charge in [-0.25, -0.2) is 9.79 Å². The van der Waals surface area contributed by atoms with Gasteiger partial charge in [0.1, 0.15) is 17.4 Å². The Balaban J connectivity index is 1.86. The fourth-order valence-electron chi connectivity index (χ4n) is 2.65. The van der Waals surface area contributed by atoms with E-state index in [1.807, 2.05) is 4.90 Å². The zero-order valence-corrected chi connectivity index (χ0v) is 13.1. The molecule has 2 aliphatic heterocycles. The molecule has 2 amide bonds. The number of carbonyl (C=O) groups excluding carboxylic acids is 1. The van der Waals surface area contributed by atoms with Gasteiger partial charge in [0.15, 0.2) is 6.17 Å². The van der Waals surface area contributed by atoms with E-state index in [0.29, 0.717) is 11.8 Å². The third-order valence-electron chi connectivity index (χ3n) is 4.09. The first-order valence-corrected chi connectivity index (χ1v) is 8.00. The largest absolute Gasteiger partial charge is 0.370 e. The summed E-state index contributed by atoms with van der Waals surface area (Å²) in [5, 5.41) is 9.70. The van der Waals surface area contributed by atoms with Gasteiger partial charge in [0.2, 0.25) is 0 Å². The lowest BCUT2D eigenvalue weighted by Crippen LogP contribution is -2.54. The predicted molar refractivity (Wildman–Crippen MR) is 82.5 cm³/mol. The molecule has 1 aliphatic carbocycles. The Morgan fingerprint density at radius 1 is 1.38 bits per heavy atom. The average molecular weight is 291 g/mol. The SMILES string of the molecule is CCCNC1=C2NC(C(C)C)=NC2N(CC2CC2)C(=O)N1. The van der Waals surface area contributed by atoms with Crippen LogP contribution in [-0.2, 0) is 0 Å². The van der Waals surface area contributed by atoms with Gasteiger partial charge in [0, 0.05) is 19.0 Å². The minimum Gasteiger partial charge on any atom is -0.370 e. The van der Waals surface area contributed by atoms with Gasteiger partial charge in [-0.1, -0.05) is 20.8 Å². The summed E-state index contributed by atoms with van der Waals surface area (Å²) in [4.78, 5) is 19.0. The van der Waals surface area contributed by atoms with Crippen molar-refractivity contribution < 1.29 is 4.79 Å². The molecule has 3 rings (SSSR count). The second-order valence-corrected chi connectivity index (χ2v) is 6.41. The first-order chi connectivity index (χ1) is 10.1. The first-order valence-electron chi connectivity index (χ1n) is 8.00. The Bertz CT molecular complexity index is 492. The van der Waals surface area contributed by atoms with E-state index in [2.05, 4.69) is 36.7 Å². The molecule has 116 valence electrons. The fraction of sp³-hybridized carbons (Fsp3) is 0.733. The van der Waals surface area contributed by atoms with Gasteiger partial charge in [-0.3, -0.25) is 10.2 Å². The second kappa shape index (κ2) is 5.58. The van der Waals surface area contributed by atoms with E-state index < -0.39 is 0 Å². The third kappa shape index (κ3) is 2.84. The molecule has 1 atom stereocenters. The highest BCUT2D eigenvalue weighted by Gasteiger charge is 2.41. The monoisotopic (exact) mass is 291 g/mol. The Morgan fingerprint density at radius 2 is 2.14 bits per heavy atom. The van der Waals surface area contributed by atoms with Crippen LogP contribution in [0.3, 0.4) is 0 Å². The summed E-state index contributed by atoms with van der Waals surface area (Å²) in [5.41, 5.74) is 0.993. The molecule has 1 fully saturated rings. The van der Waals surface area contributed by atoms with Crippen LogP contribution in [0.1, 0.15) is 40.0 Å². The molecule has 0 aromatic carbocycles. The second-order valence-electron chi connectivity index (χ2n) is 6.41. The number of hydrogen-bond donors (Lipinski definition) is 3. The van der Waals surface area contributed by atoms with Gasteiger partial charge < -0.3 is 10.6 Å². The summed E-state index contributed by atoms with van der Waals surface area (Å²) in [6.07, 6.45) is 3.28. The molecule has 1 saturated carbocycles. The van der Waals surface area contributed by atoms with Crippen molar-refractivity contribution in [3.63, 3.8) is 0 Å². The van der Waals surface area contributed by atoms with E-state index in [1.165, 1.54) is 12.8 Å². The zero-order valence-electron chi connectivity index (χ0n) is 13.1. The normalized spacial score (nSPS) is 24.8. The molecule has 0 aromatic heterocycles. The summed E-state index contributed by atoms with van der Waals surface area (Å²) >= 11 is 0. The lowest BCUT2D eigenvalue weighted by atomic mass is 10.2. The molecule has 0 aromatic rings. The zero-order chi connectivity index (χ0) is 15.0. The van der Waals surface area contributed by atoms with E-state index in [4.69, 9.17) is 4.99 Å². The Morgan fingerprint density at radius 3 is 2.76 bits per heavy atom. The Labute approximate surface area is 126 Å². The highest BCUT2D eigenvalue weighted by molar-refractivity contribution is 5.90. The van der Waals surface area contributed by atoms with Crippen molar-refractivity contribution >= 4 is 11.9 Å². The maximum Gasteiger partial charge on any atom is 0.325 e. The van der Waals surface area contributed by atoms with Crippen LogP contribution in [0.4, 0.5) is 4.79 Å². The molecule has 0 spiro atoms. The summed E-state index contributed by atoms with van der Waals surface area (Å²) in [6, 6.07) is -0.0372. The van der Waals surface area contributed by atoms with Gasteiger partial charge in [-0.15, -0.1) is 0 Å². The number of aliphatic imine (C=N–C) groups is 1. The number of nitrogens with zero attached hydrogens (tertiary/aromatic N) is 2. The number of amidine groups is 1. The number of nitrogens with one attached hydrogen (secondary N) is 3. The van der Waals surface area contributed by atoms with Crippen molar-refractivity contribution in [1.29, 1.82) is 0 Å². The molecule has 6 heteroatoms. The number of urea groups is 1. The van der Waals surface area contributed by atoms with E-state index in [1.54, 1.807) is 0 Å². The molecule has 2 heterocycles. The standard InChI is InChI=1S/C15H25N5O/c1-4-7-16-13-11-14(18-12(17-11)9(2)3)20(15(21)19-13)8-10-5-6-10/h9-10,14,16H,4-8H2,1-3H3,(H,17,18)(H,19,21). The molecule has 0 radical (unpaired) electrons. The van der Waals surface area contributed by atoms with Crippen molar-refractivity contribution in [3.05, 3.63) is 11.5 Å². The molecule has 3 aliphatic rings. The van der Waals surface area contributed by atoms with Crippen LogP contribution < -0.4 is 16.0 Å². The minimum absolute atomic E-state index is 0.0372. The highest BCUT2D eigenvalue weighted by atomic mass is 16.2. The molecule has 6 nitrogen and oxygen atoms in total. The quantitative estimate of drug-likeness (QED) is 0.696. The smallest absolute Gasteiger partial charge is 0.325 e. The first kappa shape index (κ1) is 14.2. The number of fused-ring (bicyclic) bond motifs is 1. The molecule has 0 saturated heterocycles. The van der Waals surface area contributed by atoms with E-state index in [0.717, 1.165) is 36.9 Å². The average Bonchev–Trinajstić information content (AvgIpc) is 3.15. The van der Waals surface area contributed by atoms with Crippen LogP contribution in [0.15, 0.2) is 16.5 Å². The van der Waals surface area contributed by atoms with Crippen LogP contribution in [0.25, 0.3) is 0 Å². The summed E-state index contributed by atoms with van der Waals surface area (Å²) in [7, 11) is 0. The number of rotatable bonds is 6. The number of amides is 2. The van der Waals surface area contributed by atoms with Crippen LogP contribution in [0.5, 0.6) is 0 Å². The summed E-state index contributed by atoms with van der Waals surface area (Å²) < 4.78 is 0. The molecule has 21 heavy (non-hydrogen) atoms. The van der Waals surface area contributed by atoms with E-state index in [9.17, 15) is 4.79 Å². The van der Waals surface area contributed by atoms with Gasteiger partial charge in [0.05, 0.1) is 0 Å². The maximum absolute atomic E-state index is 12.4. The van der Waals surface area contributed by atoms with Crippen molar-refractivity contribution in [2.24, 2.45) is 16.8 Å². The lowest BCUT2D eigenvalue weighted by molar-refractivity contribution is 0.176. The Kier molecular flexibility index (Phi) is 3.78. The number of hydrogen-bond acceptors (Lipinski definition) is 4. The molecule has 1 unspecified atom stereocenters. The topological polar surface area (TPSA) is 68.8 Å². The van der Waals surface area contributed by atoms with E-state index >= 15 is 0 Å². The van der Waals surface area contributed by atoms with Crippen LogP contribution in [-0.4, -0.2) is 36.0 Å². The van der Waals surface area contributed by atoms with Crippen molar-refractivity contribution in [2.75, 3.05) is 13.1 Å². The lowest BCUT2D eigenvalue weighted by Gasteiger charge is -2.34. The molecular formula is C15H25N5O. The minimum atomic E-state index is -0.184. The van der Waals surface area contributed by atoms with Crippen molar-refractivity contribution in [3.8, 4) is 0 Å². The van der Waals surface area contributed by atoms with Crippen molar-refractivity contribution in [1.82, 2.24) is 20.9 Å². The summed E-state index contributed by atoms with van der Waals surface area (Å²) in [6.45, 7) is 7.98. The molecule has 0 bridgehead atoms. The van der Waals surface area contributed by atoms with Crippen LogP contribution >= 0.6 is 0 Å². The van der Waals surface area contributed by atoms with Crippen LogP contribution in [0, 0.1) is 11.8 Å². The van der Waals surface area contributed by atoms with Gasteiger partial charge in [0.25, 0.3) is 0 Å². The van der Waals surface area contributed by atoms with E-state index in [-0.39, 0.29) is 12.2 Å². The highest BCUT2D eigenvalue weighted by Crippen LogP contribution is 2.33. The fourth-order valence-corrected chi connectivity index (χ4v) is 2.65. The Hall–Kier alpha value is -1.72. The third-order valence-corrected chi connectivity index (χ3v) is 4.09. The summed E-state index contributed by atoms with van der Waals surface area (Å²) in [5.74, 6) is 2.73. The van der Waals surface area contributed by atoms with Crippen molar-refractivity contribution in [2.45, 2.75) is 46.2 Å². The van der Waals surface area contributed by atoms with Gasteiger partial charge in [-0.2, -0.15) is 0 Å². The molecule has 3 N–H and O–H groups in total. The van der Waals surface area contributed by atoms with Crippen LogP contribution in [0.2, 0.25) is 0 Å². The van der Waals surface area contributed by atoms with Gasteiger partial charge in [-0.05, 0) is 25.2 Å². The predicted octanol–water partition coefficient (Wildman–Crippen LogP) is 1.57. The molecular weight excluding hydrogens is 266 g/mol.